The molecule has 0 radical (unpaired) electrons. The predicted molar refractivity (Wildman–Crippen MR) is 88.6 cm³/mol. The van der Waals surface area contributed by atoms with Crippen LogP contribution in [0.1, 0.15) is 36.6 Å². The maximum Gasteiger partial charge on any atom is 0.410 e. The molecule has 1 aliphatic heterocycles. The van der Waals surface area contributed by atoms with Gasteiger partial charge < -0.3 is 9.64 Å². The van der Waals surface area contributed by atoms with Gasteiger partial charge in [0, 0.05) is 24.7 Å². The third-order valence-corrected chi connectivity index (χ3v) is 4.10. The van der Waals surface area contributed by atoms with Crippen LogP contribution < -0.4 is 0 Å². The Kier molecular flexibility index (Phi) is 4.80. The smallest absolute Gasteiger partial charge is 0.410 e. The average Bonchev–Trinajstić information content (AvgIpc) is 3.05. The summed E-state index contributed by atoms with van der Waals surface area (Å²) in [6.45, 7) is 3.70. The molecule has 0 aliphatic carbocycles. The number of aromatic nitrogens is 2. The lowest BCUT2D eigenvalue weighted by Gasteiger charge is -2.25. The van der Waals surface area contributed by atoms with E-state index in [1.54, 1.807) is 21.7 Å². The summed E-state index contributed by atoms with van der Waals surface area (Å²) in [6, 6.07) is 9.39. The zero-order chi connectivity index (χ0) is 16.9. The molecule has 3 rings (SSSR count). The van der Waals surface area contributed by atoms with Crippen LogP contribution in [-0.2, 0) is 17.7 Å². The lowest BCUT2D eigenvalue weighted by molar-refractivity contribution is 0.0965. The van der Waals surface area contributed by atoms with E-state index in [-0.39, 0.29) is 6.09 Å². The molecule has 0 saturated carbocycles. The van der Waals surface area contributed by atoms with E-state index in [1.165, 1.54) is 0 Å². The minimum Gasteiger partial charge on any atom is -0.449 e. The molecule has 0 atom stereocenters. The zero-order valence-electron chi connectivity index (χ0n) is 13.7. The van der Waals surface area contributed by atoms with E-state index in [1.807, 2.05) is 18.3 Å². The summed E-state index contributed by atoms with van der Waals surface area (Å²) in [7, 11) is 0. The van der Waals surface area contributed by atoms with Crippen LogP contribution in [0.3, 0.4) is 0 Å². The van der Waals surface area contributed by atoms with E-state index in [2.05, 4.69) is 18.1 Å². The molecular weight excluding hydrogens is 304 g/mol. The number of hydrogen-bond acceptors (Lipinski definition) is 4. The molecule has 0 unspecified atom stereocenters. The van der Waals surface area contributed by atoms with Crippen molar-refractivity contribution in [2.24, 2.45) is 0 Å². The monoisotopic (exact) mass is 324 g/mol. The van der Waals surface area contributed by atoms with Gasteiger partial charge in [-0.1, -0.05) is 13.3 Å². The Balaban J connectivity index is 1.70. The molecule has 1 aromatic heterocycles. The van der Waals surface area contributed by atoms with Gasteiger partial charge in [-0.3, -0.25) is 0 Å². The summed E-state index contributed by atoms with van der Waals surface area (Å²) in [5.41, 5.74) is 3.58. The van der Waals surface area contributed by atoms with Gasteiger partial charge in [-0.25, -0.2) is 9.48 Å². The number of carbonyl (C=O) groups excluding carboxylic acids is 1. The van der Waals surface area contributed by atoms with Crippen molar-refractivity contribution in [3.63, 3.8) is 0 Å². The zero-order valence-corrected chi connectivity index (χ0v) is 13.7. The van der Waals surface area contributed by atoms with E-state index >= 15 is 0 Å². The Hall–Kier alpha value is -2.81. The second-order valence-corrected chi connectivity index (χ2v) is 5.84. The number of rotatable bonds is 4. The van der Waals surface area contributed by atoms with E-state index in [9.17, 15) is 4.79 Å². The molecule has 124 valence electrons. The van der Waals surface area contributed by atoms with Crippen LogP contribution in [0.5, 0.6) is 0 Å². The number of nitrogens with zero attached hydrogens (tertiary/aromatic N) is 4. The Morgan fingerprint density at radius 2 is 2.17 bits per heavy atom. The van der Waals surface area contributed by atoms with Crippen LogP contribution >= 0.6 is 0 Å². The van der Waals surface area contributed by atoms with Gasteiger partial charge in [-0.2, -0.15) is 10.4 Å². The highest BCUT2D eigenvalue weighted by atomic mass is 16.6. The van der Waals surface area contributed by atoms with E-state index < -0.39 is 0 Å². The molecule has 1 aliphatic rings. The SMILES string of the molecule is CCCCOC(=O)N1CCc2nn(-c3ccc(C#N)cc3)cc2C1. The fraction of sp³-hybridized carbons (Fsp3) is 0.389. The quantitative estimate of drug-likeness (QED) is 0.810. The fourth-order valence-corrected chi connectivity index (χ4v) is 2.69. The standard InChI is InChI=1S/C18H20N4O2/c1-2-3-10-24-18(23)21-9-8-17-15(12-21)13-22(20-17)16-6-4-14(11-19)5-7-16/h4-7,13H,2-3,8-10,12H2,1H3. The first-order chi connectivity index (χ1) is 11.7. The van der Waals surface area contributed by atoms with Gasteiger partial charge >= 0.3 is 6.09 Å². The number of hydrogen-bond donors (Lipinski definition) is 0. The normalized spacial score (nSPS) is 13.2. The van der Waals surface area contributed by atoms with Crippen molar-refractivity contribution >= 4 is 6.09 Å². The third kappa shape index (κ3) is 3.40. The Morgan fingerprint density at radius 3 is 2.88 bits per heavy atom. The molecular formula is C18H20N4O2. The predicted octanol–water partition coefficient (Wildman–Crippen LogP) is 3.04. The molecule has 0 spiro atoms. The van der Waals surface area contributed by atoms with Crippen molar-refractivity contribution in [1.29, 1.82) is 5.26 Å². The number of amides is 1. The number of nitriles is 1. The first-order valence-corrected chi connectivity index (χ1v) is 8.21. The first-order valence-electron chi connectivity index (χ1n) is 8.21. The van der Waals surface area contributed by atoms with Crippen molar-refractivity contribution in [3.8, 4) is 11.8 Å². The van der Waals surface area contributed by atoms with Gasteiger partial charge in [-0.15, -0.1) is 0 Å². The second kappa shape index (κ2) is 7.18. The van der Waals surface area contributed by atoms with Gasteiger partial charge in [0.2, 0.25) is 0 Å². The van der Waals surface area contributed by atoms with Gasteiger partial charge in [0.25, 0.3) is 0 Å². The molecule has 0 N–H and O–H groups in total. The van der Waals surface area contributed by atoms with Crippen LogP contribution in [0.25, 0.3) is 5.69 Å². The maximum absolute atomic E-state index is 12.1. The molecule has 24 heavy (non-hydrogen) atoms. The largest absolute Gasteiger partial charge is 0.449 e. The summed E-state index contributed by atoms with van der Waals surface area (Å²) in [6.07, 6.45) is 4.32. The minimum absolute atomic E-state index is 0.250. The second-order valence-electron chi connectivity index (χ2n) is 5.84. The molecule has 2 heterocycles. The number of carbonyl (C=O) groups is 1. The van der Waals surface area contributed by atoms with E-state index in [4.69, 9.17) is 10.00 Å². The average molecular weight is 324 g/mol. The lowest BCUT2D eigenvalue weighted by atomic mass is 10.1. The van der Waals surface area contributed by atoms with Crippen molar-refractivity contribution in [2.45, 2.75) is 32.7 Å². The molecule has 0 bridgehead atoms. The third-order valence-electron chi connectivity index (χ3n) is 4.10. The summed E-state index contributed by atoms with van der Waals surface area (Å²) in [4.78, 5) is 13.8. The van der Waals surface area contributed by atoms with Crippen molar-refractivity contribution in [3.05, 3.63) is 47.3 Å². The Bertz CT molecular complexity index is 758. The summed E-state index contributed by atoms with van der Waals surface area (Å²) < 4.78 is 7.09. The van der Waals surface area contributed by atoms with Crippen LogP contribution in [0.4, 0.5) is 4.79 Å². The van der Waals surface area contributed by atoms with Crippen molar-refractivity contribution in [1.82, 2.24) is 14.7 Å². The number of fused-ring (bicyclic) bond motifs is 1. The molecule has 6 heteroatoms. The minimum atomic E-state index is -0.250. The Morgan fingerprint density at radius 1 is 1.38 bits per heavy atom. The highest BCUT2D eigenvalue weighted by Crippen LogP contribution is 2.20. The van der Waals surface area contributed by atoms with Crippen molar-refractivity contribution in [2.75, 3.05) is 13.2 Å². The van der Waals surface area contributed by atoms with Crippen LogP contribution in [0.2, 0.25) is 0 Å². The number of benzene rings is 1. The van der Waals surface area contributed by atoms with Crippen LogP contribution in [-0.4, -0.2) is 33.9 Å². The molecule has 1 aromatic carbocycles. The number of unbranched alkanes of at least 4 members (excludes halogenated alkanes) is 1. The Labute approximate surface area is 141 Å². The summed E-state index contributed by atoms with van der Waals surface area (Å²) in [5.74, 6) is 0. The molecule has 0 saturated heterocycles. The fourth-order valence-electron chi connectivity index (χ4n) is 2.69. The van der Waals surface area contributed by atoms with E-state index in [0.717, 1.165) is 36.2 Å². The van der Waals surface area contributed by atoms with Crippen LogP contribution in [0, 0.1) is 11.3 Å². The van der Waals surface area contributed by atoms with Gasteiger partial charge in [-0.05, 0) is 30.7 Å². The molecule has 1 amide bonds. The highest BCUT2D eigenvalue weighted by Gasteiger charge is 2.24. The maximum atomic E-state index is 12.1. The van der Waals surface area contributed by atoms with Gasteiger partial charge in [0.15, 0.2) is 0 Å². The van der Waals surface area contributed by atoms with Crippen molar-refractivity contribution < 1.29 is 9.53 Å². The highest BCUT2D eigenvalue weighted by molar-refractivity contribution is 5.68. The molecule has 6 nitrogen and oxygen atoms in total. The van der Waals surface area contributed by atoms with Crippen LogP contribution in [0.15, 0.2) is 30.5 Å². The summed E-state index contributed by atoms with van der Waals surface area (Å²) in [5, 5.41) is 13.5. The molecule has 2 aromatic rings. The topological polar surface area (TPSA) is 71.2 Å². The lowest BCUT2D eigenvalue weighted by Crippen LogP contribution is -2.36. The number of ether oxygens (including phenoxy) is 1. The van der Waals surface area contributed by atoms with Gasteiger partial charge in [0.05, 0.1) is 36.2 Å². The van der Waals surface area contributed by atoms with E-state index in [0.29, 0.717) is 25.3 Å². The first kappa shape index (κ1) is 16.1. The summed E-state index contributed by atoms with van der Waals surface area (Å²) >= 11 is 0. The molecule has 0 fully saturated rings. The van der Waals surface area contributed by atoms with Gasteiger partial charge in [0.1, 0.15) is 0 Å².